The monoisotopic (exact) mass is 145 g/mol. The van der Waals surface area contributed by atoms with E-state index in [4.69, 9.17) is 4.74 Å². The van der Waals surface area contributed by atoms with E-state index in [9.17, 15) is 0 Å². The first-order valence-corrected chi connectivity index (χ1v) is 4.03. The second kappa shape index (κ2) is 4.69. The van der Waals surface area contributed by atoms with Gasteiger partial charge in [0, 0.05) is 12.1 Å². The third-order valence-electron chi connectivity index (χ3n) is 1.31. The van der Waals surface area contributed by atoms with E-state index in [1.807, 2.05) is 13.8 Å². The number of hydrogen-bond donors (Lipinski definition) is 1. The maximum Gasteiger partial charge on any atom is 0.0643 e. The summed E-state index contributed by atoms with van der Waals surface area (Å²) in [5.74, 6) is 0. The lowest BCUT2D eigenvalue weighted by atomic mass is 10.1. The molecular formula is C8H19NO. The molecule has 1 N–H and O–H groups in total. The minimum Gasteiger partial charge on any atom is -0.378 e. The van der Waals surface area contributed by atoms with Gasteiger partial charge >= 0.3 is 0 Å². The molecule has 0 saturated carbocycles. The number of morpholine rings is 1. The summed E-state index contributed by atoms with van der Waals surface area (Å²) in [6.07, 6.45) is 0. The van der Waals surface area contributed by atoms with Crippen molar-refractivity contribution < 1.29 is 4.74 Å². The fraction of sp³-hybridized carbons (Fsp3) is 1.00. The van der Waals surface area contributed by atoms with Crippen LogP contribution < -0.4 is 5.32 Å². The van der Waals surface area contributed by atoms with Gasteiger partial charge in [-0.25, -0.2) is 0 Å². The van der Waals surface area contributed by atoms with Crippen molar-refractivity contribution in [1.82, 2.24) is 5.32 Å². The zero-order valence-corrected chi connectivity index (χ0v) is 7.53. The Morgan fingerprint density at radius 3 is 2.10 bits per heavy atom. The summed E-state index contributed by atoms with van der Waals surface area (Å²) >= 11 is 0. The molecule has 2 nitrogen and oxygen atoms in total. The van der Waals surface area contributed by atoms with Crippen LogP contribution in [0.4, 0.5) is 0 Å². The summed E-state index contributed by atoms with van der Waals surface area (Å²) in [6.45, 7) is 11.0. The van der Waals surface area contributed by atoms with Gasteiger partial charge in [0.25, 0.3) is 0 Å². The van der Waals surface area contributed by atoms with Gasteiger partial charge in [0.15, 0.2) is 0 Å². The first-order chi connectivity index (χ1) is 4.71. The molecule has 0 radical (unpaired) electrons. The molecule has 0 unspecified atom stereocenters. The molecular weight excluding hydrogens is 126 g/mol. The molecule has 1 saturated heterocycles. The molecule has 0 atom stereocenters. The van der Waals surface area contributed by atoms with Gasteiger partial charge in [-0.3, -0.25) is 0 Å². The van der Waals surface area contributed by atoms with Gasteiger partial charge < -0.3 is 10.1 Å². The number of hydrogen-bond acceptors (Lipinski definition) is 2. The Morgan fingerprint density at radius 2 is 1.90 bits per heavy atom. The van der Waals surface area contributed by atoms with E-state index in [0.717, 1.165) is 19.8 Å². The second-order valence-electron chi connectivity index (χ2n) is 2.86. The minimum absolute atomic E-state index is 0.207. The van der Waals surface area contributed by atoms with Crippen LogP contribution >= 0.6 is 0 Å². The fourth-order valence-corrected chi connectivity index (χ4v) is 0.840. The van der Waals surface area contributed by atoms with Gasteiger partial charge in [-0.15, -0.1) is 0 Å². The lowest BCUT2D eigenvalue weighted by Gasteiger charge is -2.30. The molecule has 0 spiro atoms. The Kier molecular flexibility index (Phi) is 4.65. The molecule has 0 aliphatic carbocycles. The van der Waals surface area contributed by atoms with Crippen LogP contribution in [0, 0.1) is 0 Å². The molecule has 0 aromatic carbocycles. The second-order valence-corrected chi connectivity index (χ2v) is 2.86. The summed E-state index contributed by atoms with van der Waals surface area (Å²) < 4.78 is 5.22. The lowest BCUT2D eigenvalue weighted by molar-refractivity contribution is 0.0436. The predicted octanol–water partition coefficient (Wildman–Crippen LogP) is 1.41. The Labute approximate surface area is 64.0 Å². The Morgan fingerprint density at radius 1 is 1.30 bits per heavy atom. The van der Waals surface area contributed by atoms with Crippen molar-refractivity contribution in [3.8, 4) is 0 Å². The van der Waals surface area contributed by atoms with Crippen LogP contribution in [-0.2, 0) is 4.74 Å². The summed E-state index contributed by atoms with van der Waals surface area (Å²) in [7, 11) is 0. The normalized spacial score (nSPS) is 22.8. The SMILES string of the molecule is CC.CC1(C)COCCN1. The molecule has 0 bridgehead atoms. The highest BCUT2D eigenvalue weighted by molar-refractivity contribution is 4.79. The van der Waals surface area contributed by atoms with E-state index in [1.54, 1.807) is 0 Å². The van der Waals surface area contributed by atoms with E-state index in [2.05, 4.69) is 19.2 Å². The zero-order chi connectivity index (χ0) is 8.04. The molecule has 10 heavy (non-hydrogen) atoms. The number of ether oxygens (including phenoxy) is 1. The summed E-state index contributed by atoms with van der Waals surface area (Å²) in [5, 5.41) is 3.33. The Hall–Kier alpha value is -0.0800. The molecule has 0 amide bonds. The summed E-state index contributed by atoms with van der Waals surface area (Å²) in [6, 6.07) is 0. The Balaban J connectivity index is 0.000000371. The average Bonchev–Trinajstić information content (AvgIpc) is 1.92. The molecule has 0 aromatic rings. The third-order valence-corrected chi connectivity index (χ3v) is 1.31. The van der Waals surface area contributed by atoms with Crippen LogP contribution in [0.3, 0.4) is 0 Å². The maximum absolute atomic E-state index is 5.22. The molecule has 62 valence electrons. The largest absolute Gasteiger partial charge is 0.378 e. The smallest absolute Gasteiger partial charge is 0.0643 e. The van der Waals surface area contributed by atoms with Crippen LogP contribution in [-0.4, -0.2) is 25.3 Å². The molecule has 1 fully saturated rings. The molecule has 1 aliphatic heterocycles. The van der Waals surface area contributed by atoms with Gasteiger partial charge in [-0.1, -0.05) is 13.8 Å². The van der Waals surface area contributed by atoms with Crippen LogP contribution in [0.2, 0.25) is 0 Å². The van der Waals surface area contributed by atoms with Gasteiger partial charge in [-0.05, 0) is 13.8 Å². The highest BCUT2D eigenvalue weighted by atomic mass is 16.5. The first-order valence-electron chi connectivity index (χ1n) is 4.03. The van der Waals surface area contributed by atoms with Crippen LogP contribution in [0.25, 0.3) is 0 Å². The predicted molar refractivity (Wildman–Crippen MR) is 44.2 cm³/mol. The van der Waals surface area contributed by atoms with Crippen molar-refractivity contribution in [3.63, 3.8) is 0 Å². The Bertz CT molecular complexity index is 73.3. The van der Waals surface area contributed by atoms with Crippen molar-refractivity contribution in [2.24, 2.45) is 0 Å². The van der Waals surface area contributed by atoms with Gasteiger partial charge in [0.05, 0.1) is 13.2 Å². The molecule has 1 aliphatic rings. The lowest BCUT2D eigenvalue weighted by Crippen LogP contribution is -2.49. The highest BCUT2D eigenvalue weighted by Crippen LogP contribution is 2.04. The van der Waals surface area contributed by atoms with E-state index < -0.39 is 0 Å². The van der Waals surface area contributed by atoms with E-state index >= 15 is 0 Å². The van der Waals surface area contributed by atoms with Crippen LogP contribution in [0.1, 0.15) is 27.7 Å². The van der Waals surface area contributed by atoms with Crippen molar-refractivity contribution in [3.05, 3.63) is 0 Å². The average molecular weight is 145 g/mol. The third kappa shape index (κ3) is 3.85. The topological polar surface area (TPSA) is 21.3 Å². The molecule has 1 heterocycles. The van der Waals surface area contributed by atoms with Crippen molar-refractivity contribution in [1.29, 1.82) is 0 Å². The fourth-order valence-electron chi connectivity index (χ4n) is 0.840. The summed E-state index contributed by atoms with van der Waals surface area (Å²) in [5.41, 5.74) is 0.207. The van der Waals surface area contributed by atoms with Crippen LogP contribution in [0.15, 0.2) is 0 Å². The number of rotatable bonds is 0. The van der Waals surface area contributed by atoms with Crippen LogP contribution in [0.5, 0.6) is 0 Å². The van der Waals surface area contributed by atoms with E-state index in [0.29, 0.717) is 0 Å². The minimum atomic E-state index is 0.207. The molecule has 2 heteroatoms. The van der Waals surface area contributed by atoms with Gasteiger partial charge in [-0.2, -0.15) is 0 Å². The van der Waals surface area contributed by atoms with Gasteiger partial charge in [0.2, 0.25) is 0 Å². The zero-order valence-electron chi connectivity index (χ0n) is 7.53. The van der Waals surface area contributed by atoms with Crippen molar-refractivity contribution in [2.45, 2.75) is 33.2 Å². The molecule has 1 rings (SSSR count). The molecule has 0 aromatic heterocycles. The van der Waals surface area contributed by atoms with E-state index in [1.165, 1.54) is 0 Å². The first kappa shape index (κ1) is 9.92. The standard InChI is InChI=1S/C6H13NO.C2H6/c1-6(2)5-8-4-3-7-6;1-2/h7H,3-5H2,1-2H3;1-2H3. The maximum atomic E-state index is 5.22. The van der Waals surface area contributed by atoms with Crippen molar-refractivity contribution >= 4 is 0 Å². The summed E-state index contributed by atoms with van der Waals surface area (Å²) in [4.78, 5) is 0. The van der Waals surface area contributed by atoms with Gasteiger partial charge in [0.1, 0.15) is 0 Å². The van der Waals surface area contributed by atoms with E-state index in [-0.39, 0.29) is 5.54 Å². The highest BCUT2D eigenvalue weighted by Gasteiger charge is 2.19. The number of nitrogens with one attached hydrogen (secondary N) is 1. The van der Waals surface area contributed by atoms with Crippen molar-refractivity contribution in [2.75, 3.05) is 19.8 Å². The quantitative estimate of drug-likeness (QED) is 0.556.